The predicted octanol–water partition coefficient (Wildman–Crippen LogP) is 4.23. The highest BCUT2D eigenvalue weighted by Crippen LogP contribution is 2.30. The number of para-hydroxylation sites is 1. The molecule has 0 unspecified atom stereocenters. The normalized spacial score (nSPS) is 10.6. The Balaban J connectivity index is 2.22. The first-order valence-electron chi connectivity index (χ1n) is 7.10. The third kappa shape index (κ3) is 4.56. The summed E-state index contributed by atoms with van der Waals surface area (Å²) in [5.41, 5.74) is 1.87. The van der Waals surface area contributed by atoms with Crippen LogP contribution < -0.4 is 10.1 Å². The number of hydrogen-bond acceptors (Lipinski definition) is 3. The minimum Gasteiger partial charge on any atom is -0.457 e. The van der Waals surface area contributed by atoms with Crippen LogP contribution in [0.25, 0.3) is 0 Å². The number of benzene rings is 2. The van der Waals surface area contributed by atoms with E-state index in [4.69, 9.17) is 4.74 Å². The summed E-state index contributed by atoms with van der Waals surface area (Å²) in [5.74, 6) is 1.50. The first-order valence-corrected chi connectivity index (χ1v) is 7.89. The second-order valence-electron chi connectivity index (χ2n) is 4.80. The molecule has 0 bridgehead atoms. The number of halogens is 1. The minimum absolute atomic E-state index is 0.0316. The molecule has 2 aromatic rings. The van der Waals surface area contributed by atoms with Crippen LogP contribution in [0.5, 0.6) is 11.5 Å². The van der Waals surface area contributed by atoms with Crippen LogP contribution >= 0.6 is 15.9 Å². The number of aliphatic hydroxyl groups is 1. The molecule has 0 atom stereocenters. The van der Waals surface area contributed by atoms with Gasteiger partial charge in [0.15, 0.2) is 0 Å². The Kier molecular flexibility index (Phi) is 6.23. The molecule has 0 aromatic heterocycles. The van der Waals surface area contributed by atoms with Gasteiger partial charge in [-0.3, -0.25) is 0 Å². The van der Waals surface area contributed by atoms with Crippen molar-refractivity contribution < 1.29 is 9.84 Å². The van der Waals surface area contributed by atoms with Crippen molar-refractivity contribution in [3.05, 3.63) is 58.1 Å². The van der Waals surface area contributed by atoms with Gasteiger partial charge in [0.25, 0.3) is 0 Å². The van der Waals surface area contributed by atoms with Crippen molar-refractivity contribution in [2.45, 2.75) is 26.5 Å². The van der Waals surface area contributed by atoms with Gasteiger partial charge >= 0.3 is 0 Å². The van der Waals surface area contributed by atoms with Gasteiger partial charge in [-0.25, -0.2) is 0 Å². The maximum absolute atomic E-state index is 9.38. The van der Waals surface area contributed by atoms with Crippen molar-refractivity contribution in [3.63, 3.8) is 0 Å². The number of aliphatic hydroxyl groups excluding tert-OH is 1. The Labute approximate surface area is 134 Å². The summed E-state index contributed by atoms with van der Waals surface area (Å²) < 4.78 is 7.02. The van der Waals surface area contributed by atoms with Crippen LogP contribution in [0, 0.1) is 0 Å². The zero-order valence-electron chi connectivity index (χ0n) is 12.1. The highest BCUT2D eigenvalue weighted by atomic mass is 79.9. The lowest BCUT2D eigenvalue weighted by Crippen LogP contribution is -2.14. The summed E-state index contributed by atoms with van der Waals surface area (Å²) in [7, 11) is 0. The molecule has 0 saturated heterocycles. The molecular weight excluding hydrogens is 330 g/mol. The predicted molar refractivity (Wildman–Crippen MR) is 88.6 cm³/mol. The molecule has 2 N–H and O–H groups in total. The van der Waals surface area contributed by atoms with Gasteiger partial charge in [0.1, 0.15) is 11.5 Å². The van der Waals surface area contributed by atoms with Crippen molar-refractivity contribution in [1.82, 2.24) is 5.32 Å². The van der Waals surface area contributed by atoms with Gasteiger partial charge in [0.2, 0.25) is 0 Å². The molecule has 112 valence electrons. The van der Waals surface area contributed by atoms with Crippen LogP contribution in [0.15, 0.2) is 46.9 Å². The third-order valence-corrected chi connectivity index (χ3v) is 3.62. The standard InChI is InChI=1S/C17H20BrNO2/c1-2-9-19-11-14-10-15(18)7-8-17(14)21-16-6-4-3-5-13(16)12-20/h3-8,10,19-20H,2,9,11-12H2,1H3. The van der Waals surface area contributed by atoms with Crippen LogP contribution in [0.4, 0.5) is 0 Å². The van der Waals surface area contributed by atoms with E-state index in [0.717, 1.165) is 40.9 Å². The van der Waals surface area contributed by atoms with Gasteiger partial charge < -0.3 is 15.2 Å². The van der Waals surface area contributed by atoms with Crippen molar-refractivity contribution in [2.75, 3.05) is 6.54 Å². The molecule has 0 fully saturated rings. The largest absolute Gasteiger partial charge is 0.457 e. The van der Waals surface area contributed by atoms with Gasteiger partial charge in [0.05, 0.1) is 6.61 Å². The second-order valence-corrected chi connectivity index (χ2v) is 5.71. The van der Waals surface area contributed by atoms with E-state index in [2.05, 4.69) is 34.2 Å². The Morgan fingerprint density at radius 1 is 1.10 bits per heavy atom. The molecule has 0 spiro atoms. The van der Waals surface area contributed by atoms with Crippen molar-refractivity contribution >= 4 is 15.9 Å². The van der Waals surface area contributed by atoms with E-state index in [1.807, 2.05) is 36.4 Å². The summed E-state index contributed by atoms with van der Waals surface area (Å²) >= 11 is 3.50. The zero-order chi connectivity index (χ0) is 15.1. The van der Waals surface area contributed by atoms with E-state index < -0.39 is 0 Å². The molecule has 0 amide bonds. The molecule has 21 heavy (non-hydrogen) atoms. The average molecular weight is 350 g/mol. The first kappa shape index (κ1) is 16.0. The molecule has 3 nitrogen and oxygen atoms in total. The molecule has 0 radical (unpaired) electrons. The summed E-state index contributed by atoms with van der Waals surface area (Å²) in [6.45, 7) is 3.84. The number of ether oxygens (including phenoxy) is 1. The summed E-state index contributed by atoms with van der Waals surface area (Å²) in [5, 5.41) is 12.8. The van der Waals surface area contributed by atoms with E-state index in [0.29, 0.717) is 5.75 Å². The van der Waals surface area contributed by atoms with Crippen LogP contribution in [-0.2, 0) is 13.2 Å². The van der Waals surface area contributed by atoms with Crippen LogP contribution in [0.1, 0.15) is 24.5 Å². The molecule has 4 heteroatoms. The Morgan fingerprint density at radius 3 is 2.62 bits per heavy atom. The maximum atomic E-state index is 9.38. The van der Waals surface area contributed by atoms with E-state index in [1.165, 1.54) is 0 Å². The number of nitrogens with one attached hydrogen (secondary N) is 1. The molecule has 0 aliphatic heterocycles. The minimum atomic E-state index is -0.0316. The Bertz CT molecular complexity index is 587. The van der Waals surface area contributed by atoms with Gasteiger partial charge in [-0.15, -0.1) is 0 Å². The van der Waals surface area contributed by atoms with E-state index in [1.54, 1.807) is 0 Å². The van der Waals surface area contributed by atoms with Gasteiger partial charge in [0, 0.05) is 22.1 Å². The Hall–Kier alpha value is -1.36. The van der Waals surface area contributed by atoms with Gasteiger partial charge in [-0.2, -0.15) is 0 Å². The fraction of sp³-hybridized carbons (Fsp3) is 0.294. The van der Waals surface area contributed by atoms with E-state index in [-0.39, 0.29) is 6.61 Å². The maximum Gasteiger partial charge on any atom is 0.132 e. The van der Waals surface area contributed by atoms with Crippen LogP contribution in [0.3, 0.4) is 0 Å². The third-order valence-electron chi connectivity index (χ3n) is 3.13. The topological polar surface area (TPSA) is 41.5 Å². The van der Waals surface area contributed by atoms with Crippen molar-refractivity contribution in [2.24, 2.45) is 0 Å². The molecule has 0 aliphatic rings. The number of hydrogen-bond donors (Lipinski definition) is 2. The van der Waals surface area contributed by atoms with Crippen molar-refractivity contribution in [3.8, 4) is 11.5 Å². The SMILES string of the molecule is CCCNCc1cc(Br)ccc1Oc1ccccc1CO. The lowest BCUT2D eigenvalue weighted by Gasteiger charge is -2.14. The highest BCUT2D eigenvalue weighted by Gasteiger charge is 2.08. The van der Waals surface area contributed by atoms with Crippen LogP contribution in [0.2, 0.25) is 0 Å². The monoisotopic (exact) mass is 349 g/mol. The molecule has 0 saturated carbocycles. The van der Waals surface area contributed by atoms with E-state index >= 15 is 0 Å². The number of rotatable bonds is 7. The van der Waals surface area contributed by atoms with E-state index in [9.17, 15) is 5.11 Å². The first-order chi connectivity index (χ1) is 10.2. The summed E-state index contributed by atoms with van der Waals surface area (Å²) in [6, 6.07) is 13.5. The summed E-state index contributed by atoms with van der Waals surface area (Å²) in [6.07, 6.45) is 1.09. The molecule has 2 rings (SSSR count). The molecular formula is C17H20BrNO2. The zero-order valence-corrected chi connectivity index (χ0v) is 13.7. The van der Waals surface area contributed by atoms with Crippen molar-refractivity contribution in [1.29, 1.82) is 0 Å². The average Bonchev–Trinajstić information content (AvgIpc) is 2.50. The fourth-order valence-corrected chi connectivity index (χ4v) is 2.45. The van der Waals surface area contributed by atoms with Crippen LogP contribution in [-0.4, -0.2) is 11.7 Å². The highest BCUT2D eigenvalue weighted by molar-refractivity contribution is 9.10. The molecule has 2 aromatic carbocycles. The lowest BCUT2D eigenvalue weighted by molar-refractivity contribution is 0.276. The Morgan fingerprint density at radius 2 is 1.86 bits per heavy atom. The van der Waals surface area contributed by atoms with Gasteiger partial charge in [-0.1, -0.05) is 41.1 Å². The molecule has 0 heterocycles. The van der Waals surface area contributed by atoms with Gasteiger partial charge in [-0.05, 0) is 37.2 Å². The summed E-state index contributed by atoms with van der Waals surface area (Å²) in [4.78, 5) is 0. The smallest absolute Gasteiger partial charge is 0.132 e. The molecule has 0 aliphatic carbocycles. The second kappa shape index (κ2) is 8.17. The quantitative estimate of drug-likeness (QED) is 0.734. The lowest BCUT2D eigenvalue weighted by atomic mass is 10.2. The fourth-order valence-electron chi connectivity index (χ4n) is 2.04.